The largest absolute Gasteiger partial charge is 0.287 e. The van der Waals surface area contributed by atoms with E-state index in [1.165, 1.54) is 173 Å². The Morgan fingerprint density at radius 2 is 0.629 bits per heavy atom. The summed E-state index contributed by atoms with van der Waals surface area (Å²) in [6.45, 7) is 4.58. The van der Waals surface area contributed by atoms with Crippen LogP contribution in [0.1, 0.15) is 200 Å². The molecule has 0 saturated carbocycles. The van der Waals surface area contributed by atoms with Crippen LogP contribution >= 0.6 is 11.8 Å². The summed E-state index contributed by atoms with van der Waals surface area (Å²) >= 11 is 1.61. The zero-order valence-electron chi connectivity index (χ0n) is 24.5. The van der Waals surface area contributed by atoms with Gasteiger partial charge in [0.2, 0.25) is 0 Å². The Kier molecular flexibility index (Phi) is 32.1. The molecule has 0 bridgehead atoms. The van der Waals surface area contributed by atoms with Crippen molar-refractivity contribution in [3.63, 3.8) is 0 Å². The Morgan fingerprint density at radius 1 is 0.371 bits per heavy atom. The highest BCUT2D eigenvalue weighted by molar-refractivity contribution is 8.13. The fourth-order valence-electron chi connectivity index (χ4n) is 5.02. The Hall–Kier alpha value is 0.0200. The summed E-state index contributed by atoms with van der Waals surface area (Å²) in [5.74, 6) is 1.05. The summed E-state index contributed by atoms with van der Waals surface area (Å²) in [6.07, 6.45) is 39.8. The van der Waals surface area contributed by atoms with Gasteiger partial charge in [-0.3, -0.25) is 4.79 Å². The van der Waals surface area contributed by atoms with Gasteiger partial charge in [0.05, 0.1) is 0 Å². The monoisotopic (exact) mass is 510 g/mol. The van der Waals surface area contributed by atoms with Crippen molar-refractivity contribution in [1.82, 2.24) is 0 Å². The lowest BCUT2D eigenvalue weighted by Gasteiger charge is -2.04. The van der Waals surface area contributed by atoms with Gasteiger partial charge < -0.3 is 0 Å². The summed E-state index contributed by atoms with van der Waals surface area (Å²) in [5.41, 5.74) is 0. The van der Waals surface area contributed by atoms with E-state index in [0.717, 1.165) is 18.6 Å². The molecule has 0 aliphatic carbocycles. The Labute approximate surface area is 227 Å². The van der Waals surface area contributed by atoms with Gasteiger partial charge in [-0.25, -0.2) is 0 Å². The molecule has 0 aromatic rings. The molecule has 0 heterocycles. The topological polar surface area (TPSA) is 17.1 Å². The van der Waals surface area contributed by atoms with Gasteiger partial charge in [0, 0.05) is 12.2 Å². The van der Waals surface area contributed by atoms with E-state index < -0.39 is 0 Å². The quantitative estimate of drug-likeness (QED) is 0.0893. The molecule has 0 radical (unpaired) electrons. The molecule has 0 amide bonds. The third-order valence-corrected chi connectivity index (χ3v) is 8.51. The van der Waals surface area contributed by atoms with Gasteiger partial charge in [-0.1, -0.05) is 193 Å². The van der Waals surface area contributed by atoms with Gasteiger partial charge in [-0.2, -0.15) is 0 Å². The highest BCUT2D eigenvalue weighted by Crippen LogP contribution is 2.17. The summed E-state index contributed by atoms with van der Waals surface area (Å²) in [6, 6.07) is 0. The van der Waals surface area contributed by atoms with Crippen molar-refractivity contribution in [2.24, 2.45) is 0 Å². The van der Waals surface area contributed by atoms with Crippen LogP contribution in [-0.4, -0.2) is 10.9 Å². The van der Waals surface area contributed by atoms with Gasteiger partial charge >= 0.3 is 0 Å². The SMILES string of the molecule is CCCCCCCCCCCCCCCCCSC(=O)CCCCCCCCCCCCCCC. The lowest BCUT2D eigenvalue weighted by atomic mass is 10.0. The minimum absolute atomic E-state index is 0.443. The van der Waals surface area contributed by atoms with E-state index in [-0.39, 0.29) is 0 Å². The molecule has 0 saturated heterocycles. The van der Waals surface area contributed by atoms with Crippen molar-refractivity contribution >= 4 is 16.9 Å². The Bertz CT molecular complexity index is 395. The van der Waals surface area contributed by atoms with E-state index in [1.807, 2.05) is 0 Å². The van der Waals surface area contributed by atoms with Crippen LogP contribution in [0.2, 0.25) is 0 Å². The fraction of sp³-hybridized carbons (Fsp3) is 0.970. The van der Waals surface area contributed by atoms with E-state index in [9.17, 15) is 4.79 Å². The highest BCUT2D eigenvalue weighted by atomic mass is 32.2. The summed E-state index contributed by atoms with van der Waals surface area (Å²) in [5, 5.41) is 0.443. The molecule has 210 valence electrons. The van der Waals surface area contributed by atoms with Crippen molar-refractivity contribution in [3.8, 4) is 0 Å². The molecule has 35 heavy (non-hydrogen) atoms. The molecule has 1 nitrogen and oxygen atoms in total. The lowest BCUT2D eigenvalue weighted by molar-refractivity contribution is -0.111. The number of hydrogen-bond donors (Lipinski definition) is 0. The predicted octanol–water partition coefficient (Wildman–Crippen LogP) is 12.6. The molecule has 0 aliphatic heterocycles. The zero-order chi connectivity index (χ0) is 25.5. The summed E-state index contributed by atoms with van der Waals surface area (Å²) in [4.78, 5) is 12.1. The van der Waals surface area contributed by atoms with Crippen molar-refractivity contribution < 1.29 is 4.79 Å². The normalized spacial score (nSPS) is 11.4. The van der Waals surface area contributed by atoms with Crippen LogP contribution in [0.25, 0.3) is 0 Å². The Morgan fingerprint density at radius 3 is 0.943 bits per heavy atom. The van der Waals surface area contributed by atoms with Crippen LogP contribution in [0.4, 0.5) is 0 Å². The van der Waals surface area contributed by atoms with Gasteiger partial charge in [0.15, 0.2) is 5.12 Å². The second-order valence-electron chi connectivity index (χ2n) is 11.2. The standard InChI is InChI=1S/C33H66OS/c1-3-5-7-9-11-13-15-17-18-20-22-24-26-28-30-32-35-33(34)31-29-27-25-23-21-19-16-14-12-10-8-6-4-2/h3-32H2,1-2H3. The first kappa shape index (κ1) is 35.0. The maximum atomic E-state index is 12.1. The molecular weight excluding hydrogens is 444 g/mol. The number of hydrogen-bond acceptors (Lipinski definition) is 2. The number of carbonyl (C=O) groups excluding carboxylic acids is 1. The molecule has 0 atom stereocenters. The van der Waals surface area contributed by atoms with Crippen LogP contribution in [0.5, 0.6) is 0 Å². The molecule has 0 spiro atoms. The van der Waals surface area contributed by atoms with Crippen LogP contribution in [0.15, 0.2) is 0 Å². The average Bonchev–Trinajstić information content (AvgIpc) is 2.86. The molecule has 0 rings (SSSR count). The van der Waals surface area contributed by atoms with E-state index >= 15 is 0 Å². The second kappa shape index (κ2) is 32.0. The van der Waals surface area contributed by atoms with Gasteiger partial charge in [0.25, 0.3) is 0 Å². The second-order valence-corrected chi connectivity index (χ2v) is 12.3. The van der Waals surface area contributed by atoms with Gasteiger partial charge in [0.1, 0.15) is 0 Å². The smallest absolute Gasteiger partial charge is 0.188 e. The first-order valence-corrected chi connectivity index (χ1v) is 17.5. The number of thioether (sulfide) groups is 1. The first-order valence-electron chi connectivity index (χ1n) is 16.5. The number of carbonyl (C=O) groups is 1. The van der Waals surface area contributed by atoms with Crippen LogP contribution in [0, 0.1) is 0 Å². The molecule has 0 aromatic heterocycles. The van der Waals surface area contributed by atoms with E-state index in [4.69, 9.17) is 0 Å². The molecule has 0 aromatic carbocycles. The third kappa shape index (κ3) is 32.0. The summed E-state index contributed by atoms with van der Waals surface area (Å²) < 4.78 is 0. The van der Waals surface area contributed by atoms with Gasteiger partial charge in [-0.15, -0.1) is 0 Å². The number of rotatable bonds is 30. The lowest BCUT2D eigenvalue weighted by Crippen LogP contribution is -1.94. The first-order chi connectivity index (χ1) is 17.3. The van der Waals surface area contributed by atoms with Gasteiger partial charge in [-0.05, 0) is 12.8 Å². The fourth-order valence-corrected chi connectivity index (χ4v) is 5.88. The molecule has 0 fully saturated rings. The Balaban J connectivity index is 3.14. The zero-order valence-corrected chi connectivity index (χ0v) is 25.3. The van der Waals surface area contributed by atoms with Crippen molar-refractivity contribution in [1.29, 1.82) is 0 Å². The maximum Gasteiger partial charge on any atom is 0.188 e. The van der Waals surface area contributed by atoms with Crippen molar-refractivity contribution in [3.05, 3.63) is 0 Å². The summed E-state index contributed by atoms with van der Waals surface area (Å²) in [7, 11) is 0. The van der Waals surface area contributed by atoms with Crippen LogP contribution in [0.3, 0.4) is 0 Å². The maximum absolute atomic E-state index is 12.1. The molecule has 0 N–H and O–H groups in total. The average molecular weight is 511 g/mol. The van der Waals surface area contributed by atoms with E-state index in [0.29, 0.717) is 5.12 Å². The predicted molar refractivity (Wildman–Crippen MR) is 163 cm³/mol. The van der Waals surface area contributed by atoms with E-state index in [1.54, 1.807) is 11.8 Å². The number of unbranched alkanes of at least 4 members (excludes halogenated alkanes) is 26. The van der Waals surface area contributed by atoms with Crippen LogP contribution in [-0.2, 0) is 4.79 Å². The van der Waals surface area contributed by atoms with Crippen molar-refractivity contribution in [2.75, 3.05) is 5.75 Å². The highest BCUT2D eigenvalue weighted by Gasteiger charge is 2.03. The minimum atomic E-state index is 0.443. The molecule has 2 heteroatoms. The third-order valence-electron chi connectivity index (χ3n) is 7.50. The molecule has 0 unspecified atom stereocenters. The molecular formula is C33H66OS. The minimum Gasteiger partial charge on any atom is -0.287 e. The van der Waals surface area contributed by atoms with Crippen molar-refractivity contribution in [2.45, 2.75) is 200 Å². The van der Waals surface area contributed by atoms with Crippen LogP contribution < -0.4 is 0 Å². The molecule has 0 aliphatic rings. The van der Waals surface area contributed by atoms with E-state index in [2.05, 4.69) is 13.8 Å².